The van der Waals surface area contributed by atoms with Gasteiger partial charge in [-0.2, -0.15) is 0 Å². The second-order valence-corrected chi connectivity index (χ2v) is 6.58. The van der Waals surface area contributed by atoms with Gasteiger partial charge in [0.05, 0.1) is 13.2 Å². The van der Waals surface area contributed by atoms with Crippen molar-refractivity contribution in [3.63, 3.8) is 0 Å². The van der Waals surface area contributed by atoms with Gasteiger partial charge >= 0.3 is 0 Å². The van der Waals surface area contributed by atoms with E-state index in [1.165, 1.54) is 26.2 Å². The van der Waals surface area contributed by atoms with Crippen LogP contribution in [0.25, 0.3) is 0 Å². The van der Waals surface area contributed by atoms with Gasteiger partial charge in [-0.1, -0.05) is 13.8 Å². The summed E-state index contributed by atoms with van der Waals surface area (Å²) in [5, 5.41) is 0. The van der Waals surface area contributed by atoms with Gasteiger partial charge in [-0.15, -0.1) is 0 Å². The molecule has 2 aliphatic rings. The summed E-state index contributed by atoms with van der Waals surface area (Å²) < 4.78 is 0. The van der Waals surface area contributed by atoms with Crippen LogP contribution in [0.2, 0.25) is 0 Å². The number of hydrogen-bond donors (Lipinski definition) is 0. The van der Waals surface area contributed by atoms with Crippen LogP contribution in [0.1, 0.15) is 13.8 Å². The number of carbonyl (C=O) groups excluding carboxylic acids is 1. The number of nitrogens with zero attached hydrogens (tertiary/aromatic N) is 4. The average molecular weight is 282 g/mol. The summed E-state index contributed by atoms with van der Waals surface area (Å²) in [5.74, 6) is 0.538. The number of ketones is 1. The van der Waals surface area contributed by atoms with Crippen molar-refractivity contribution in [3.8, 4) is 0 Å². The number of rotatable bonds is 5. The second-order valence-electron chi connectivity index (χ2n) is 6.58. The van der Waals surface area contributed by atoms with Gasteiger partial charge in [0.25, 0.3) is 0 Å². The lowest BCUT2D eigenvalue weighted by molar-refractivity contribution is -0.123. The summed E-state index contributed by atoms with van der Waals surface area (Å²) in [5.41, 5.74) is 0. The Balaban J connectivity index is 1.65. The highest BCUT2D eigenvalue weighted by molar-refractivity contribution is 5.82. The largest absolute Gasteiger partial charge is 0.304 e. The highest BCUT2D eigenvalue weighted by Gasteiger charge is 2.22. The van der Waals surface area contributed by atoms with Crippen molar-refractivity contribution in [2.45, 2.75) is 13.8 Å². The number of carbonyl (C=O) groups is 1. The van der Waals surface area contributed by atoms with E-state index >= 15 is 0 Å². The molecule has 0 spiro atoms. The van der Waals surface area contributed by atoms with Crippen LogP contribution in [0.5, 0.6) is 0 Å². The normalized spacial score (nSPS) is 24.4. The van der Waals surface area contributed by atoms with Crippen LogP contribution in [0.3, 0.4) is 0 Å². The van der Waals surface area contributed by atoms with Gasteiger partial charge in [0.15, 0.2) is 0 Å². The standard InChI is InChI=1S/C15H30N4O/c1-14(2)15(20)12-17-8-10-19(11-9-17)13-18-6-4-16(3)5-7-18/h14H,4-13H2,1-3H3. The maximum absolute atomic E-state index is 11.8. The molecule has 2 saturated heterocycles. The van der Waals surface area contributed by atoms with Gasteiger partial charge in [0.2, 0.25) is 0 Å². The molecule has 0 aromatic carbocycles. The predicted molar refractivity (Wildman–Crippen MR) is 81.8 cm³/mol. The molecule has 0 N–H and O–H groups in total. The van der Waals surface area contributed by atoms with Crippen molar-refractivity contribution in [1.82, 2.24) is 19.6 Å². The minimum atomic E-state index is 0.165. The van der Waals surface area contributed by atoms with Gasteiger partial charge < -0.3 is 4.90 Å². The Labute approximate surface area is 123 Å². The van der Waals surface area contributed by atoms with E-state index < -0.39 is 0 Å². The van der Waals surface area contributed by atoms with Crippen molar-refractivity contribution in [2.24, 2.45) is 5.92 Å². The Hall–Kier alpha value is -0.490. The fourth-order valence-corrected chi connectivity index (χ4v) is 2.76. The van der Waals surface area contributed by atoms with Crippen molar-refractivity contribution >= 4 is 5.78 Å². The molecule has 116 valence electrons. The number of Topliss-reactive ketones (excluding diaryl/α,β-unsaturated/α-hetero) is 1. The minimum absolute atomic E-state index is 0.165. The smallest absolute Gasteiger partial charge is 0.149 e. The van der Waals surface area contributed by atoms with E-state index in [-0.39, 0.29) is 5.92 Å². The second kappa shape index (κ2) is 7.50. The molecule has 2 fully saturated rings. The van der Waals surface area contributed by atoms with Gasteiger partial charge in [-0.05, 0) is 7.05 Å². The zero-order chi connectivity index (χ0) is 14.5. The first-order valence-corrected chi connectivity index (χ1v) is 7.93. The molecule has 2 aliphatic heterocycles. The third-order valence-corrected chi connectivity index (χ3v) is 4.48. The molecule has 0 aromatic heterocycles. The van der Waals surface area contributed by atoms with E-state index in [2.05, 4.69) is 26.6 Å². The van der Waals surface area contributed by atoms with Crippen LogP contribution < -0.4 is 0 Å². The summed E-state index contributed by atoms with van der Waals surface area (Å²) in [6.45, 7) is 14.7. The molecule has 5 heteroatoms. The van der Waals surface area contributed by atoms with Gasteiger partial charge in [-0.25, -0.2) is 0 Å². The van der Waals surface area contributed by atoms with Crippen LogP contribution in [0, 0.1) is 5.92 Å². The minimum Gasteiger partial charge on any atom is -0.304 e. The fraction of sp³-hybridized carbons (Fsp3) is 0.933. The Morgan fingerprint density at radius 3 is 1.80 bits per heavy atom. The average Bonchev–Trinajstić information content (AvgIpc) is 2.43. The predicted octanol–water partition coefficient (Wildman–Crippen LogP) is 0.0340. The topological polar surface area (TPSA) is 30.0 Å². The van der Waals surface area contributed by atoms with Crippen LogP contribution in [0.4, 0.5) is 0 Å². The van der Waals surface area contributed by atoms with E-state index in [9.17, 15) is 4.79 Å². The molecule has 0 saturated carbocycles. The van der Waals surface area contributed by atoms with Crippen molar-refractivity contribution in [1.29, 1.82) is 0 Å². The molecule has 0 aromatic rings. The lowest BCUT2D eigenvalue weighted by atomic mass is 10.1. The van der Waals surface area contributed by atoms with Crippen molar-refractivity contribution in [2.75, 3.05) is 72.6 Å². The first-order valence-electron chi connectivity index (χ1n) is 7.93. The third kappa shape index (κ3) is 4.81. The number of likely N-dealkylation sites (N-methyl/N-ethyl adjacent to an activating group) is 1. The molecule has 0 unspecified atom stereocenters. The van der Waals surface area contributed by atoms with E-state index in [0.717, 1.165) is 32.8 Å². The summed E-state index contributed by atoms with van der Waals surface area (Å²) in [7, 11) is 2.20. The van der Waals surface area contributed by atoms with Gasteiger partial charge in [0, 0.05) is 58.3 Å². The van der Waals surface area contributed by atoms with Gasteiger partial charge in [0.1, 0.15) is 5.78 Å². The third-order valence-electron chi connectivity index (χ3n) is 4.48. The Morgan fingerprint density at radius 1 is 0.850 bits per heavy atom. The molecular weight excluding hydrogens is 252 g/mol. The SMILES string of the molecule is CC(C)C(=O)CN1CCN(CN2CCN(C)CC2)CC1. The molecule has 0 amide bonds. The van der Waals surface area contributed by atoms with Crippen molar-refractivity contribution < 1.29 is 4.79 Å². The monoisotopic (exact) mass is 282 g/mol. The number of hydrogen-bond acceptors (Lipinski definition) is 5. The van der Waals surface area contributed by atoms with E-state index in [1.54, 1.807) is 0 Å². The Morgan fingerprint density at radius 2 is 1.30 bits per heavy atom. The molecule has 0 radical (unpaired) electrons. The number of piperazine rings is 2. The Bertz CT molecular complexity index is 305. The molecule has 2 rings (SSSR count). The van der Waals surface area contributed by atoms with E-state index in [4.69, 9.17) is 0 Å². The molecule has 5 nitrogen and oxygen atoms in total. The fourth-order valence-electron chi connectivity index (χ4n) is 2.76. The summed E-state index contributed by atoms with van der Waals surface area (Å²) in [4.78, 5) is 21.6. The zero-order valence-corrected chi connectivity index (χ0v) is 13.3. The quantitative estimate of drug-likeness (QED) is 0.710. The Kier molecular flexibility index (Phi) is 5.96. The molecule has 20 heavy (non-hydrogen) atoms. The highest BCUT2D eigenvalue weighted by atomic mass is 16.1. The first kappa shape index (κ1) is 15.9. The molecular formula is C15H30N4O. The van der Waals surface area contributed by atoms with Gasteiger partial charge in [-0.3, -0.25) is 19.5 Å². The van der Waals surface area contributed by atoms with Crippen LogP contribution in [0.15, 0.2) is 0 Å². The summed E-state index contributed by atoms with van der Waals surface area (Å²) in [6, 6.07) is 0. The highest BCUT2D eigenvalue weighted by Crippen LogP contribution is 2.07. The lowest BCUT2D eigenvalue weighted by Gasteiger charge is -2.39. The molecule has 0 bridgehead atoms. The maximum atomic E-state index is 11.8. The van der Waals surface area contributed by atoms with Crippen LogP contribution in [-0.2, 0) is 4.79 Å². The first-order chi connectivity index (χ1) is 9.54. The van der Waals surface area contributed by atoms with Crippen molar-refractivity contribution in [3.05, 3.63) is 0 Å². The van der Waals surface area contributed by atoms with E-state index in [0.29, 0.717) is 12.3 Å². The van der Waals surface area contributed by atoms with Crippen LogP contribution >= 0.6 is 0 Å². The molecule has 0 atom stereocenters. The maximum Gasteiger partial charge on any atom is 0.149 e. The molecule has 2 heterocycles. The molecule has 0 aliphatic carbocycles. The van der Waals surface area contributed by atoms with Crippen LogP contribution in [-0.4, -0.2) is 98.0 Å². The summed E-state index contributed by atoms with van der Waals surface area (Å²) in [6.07, 6.45) is 0. The lowest BCUT2D eigenvalue weighted by Crippen LogP contribution is -2.54. The zero-order valence-electron chi connectivity index (χ0n) is 13.3. The van der Waals surface area contributed by atoms with E-state index in [1.807, 2.05) is 13.8 Å². The summed E-state index contributed by atoms with van der Waals surface area (Å²) >= 11 is 0.